The average Bonchev–Trinajstić information content (AvgIpc) is 2.61. The molecule has 0 saturated heterocycles. The van der Waals surface area contributed by atoms with Crippen LogP contribution >= 0.6 is 0 Å². The van der Waals surface area contributed by atoms with Crippen LogP contribution in [0, 0.1) is 6.92 Å². The number of rotatable bonds is 0. The SMILES string of the molecule is Cc1c(N)c(N)cc2c1C(C)c1ccccc1-2. The molecule has 0 aliphatic heterocycles. The quantitative estimate of drug-likeness (QED) is 0.675. The maximum Gasteiger partial charge on any atom is 0.0580 e. The highest BCUT2D eigenvalue weighted by molar-refractivity contribution is 5.87. The highest BCUT2D eigenvalue weighted by atomic mass is 14.7. The Morgan fingerprint density at radius 2 is 1.76 bits per heavy atom. The Morgan fingerprint density at radius 1 is 1.06 bits per heavy atom. The maximum absolute atomic E-state index is 6.03. The molecule has 0 fully saturated rings. The monoisotopic (exact) mass is 224 g/mol. The maximum atomic E-state index is 6.03. The smallest absolute Gasteiger partial charge is 0.0580 e. The van der Waals surface area contributed by atoms with Crippen molar-refractivity contribution in [1.29, 1.82) is 0 Å². The summed E-state index contributed by atoms with van der Waals surface area (Å²) in [5.74, 6) is 0.407. The van der Waals surface area contributed by atoms with E-state index in [1.165, 1.54) is 22.3 Å². The summed E-state index contributed by atoms with van der Waals surface area (Å²) in [5.41, 5.74) is 19.8. The summed E-state index contributed by atoms with van der Waals surface area (Å²) in [7, 11) is 0. The van der Waals surface area contributed by atoms with E-state index in [1.807, 2.05) is 6.07 Å². The van der Waals surface area contributed by atoms with Crippen molar-refractivity contribution in [2.45, 2.75) is 19.8 Å². The molecule has 2 aromatic carbocycles. The summed E-state index contributed by atoms with van der Waals surface area (Å²) in [4.78, 5) is 0. The molecule has 2 nitrogen and oxygen atoms in total. The minimum absolute atomic E-state index is 0.407. The number of fused-ring (bicyclic) bond motifs is 3. The molecule has 1 aliphatic carbocycles. The van der Waals surface area contributed by atoms with Gasteiger partial charge in [-0.1, -0.05) is 31.2 Å². The Balaban J connectivity index is 2.39. The largest absolute Gasteiger partial charge is 0.397 e. The first-order chi connectivity index (χ1) is 8.11. The second kappa shape index (κ2) is 3.27. The van der Waals surface area contributed by atoms with E-state index in [0.717, 1.165) is 11.3 Å². The van der Waals surface area contributed by atoms with E-state index in [9.17, 15) is 0 Å². The van der Waals surface area contributed by atoms with Gasteiger partial charge in [-0.2, -0.15) is 0 Å². The molecule has 4 N–H and O–H groups in total. The van der Waals surface area contributed by atoms with Crippen molar-refractivity contribution in [1.82, 2.24) is 0 Å². The minimum Gasteiger partial charge on any atom is -0.397 e. The molecule has 1 aliphatic rings. The number of hydrogen-bond acceptors (Lipinski definition) is 2. The number of hydrogen-bond donors (Lipinski definition) is 2. The zero-order valence-electron chi connectivity index (χ0n) is 10.1. The van der Waals surface area contributed by atoms with Gasteiger partial charge in [0.1, 0.15) is 0 Å². The lowest BCUT2D eigenvalue weighted by Crippen LogP contribution is -2.02. The summed E-state index contributed by atoms with van der Waals surface area (Å²) in [6.07, 6.45) is 0. The second-order valence-electron chi connectivity index (χ2n) is 4.77. The normalized spacial score (nSPS) is 16.7. The van der Waals surface area contributed by atoms with Gasteiger partial charge in [-0.05, 0) is 40.8 Å². The molecule has 2 heteroatoms. The van der Waals surface area contributed by atoms with Gasteiger partial charge in [0.05, 0.1) is 11.4 Å². The molecule has 0 bridgehead atoms. The summed E-state index contributed by atoms with van der Waals surface area (Å²) in [6, 6.07) is 10.5. The van der Waals surface area contributed by atoms with E-state index < -0.39 is 0 Å². The molecule has 1 unspecified atom stereocenters. The van der Waals surface area contributed by atoms with Gasteiger partial charge in [0.2, 0.25) is 0 Å². The third-order valence-corrected chi connectivity index (χ3v) is 3.86. The zero-order chi connectivity index (χ0) is 12.2. The fourth-order valence-corrected chi connectivity index (χ4v) is 2.93. The van der Waals surface area contributed by atoms with Gasteiger partial charge < -0.3 is 11.5 Å². The van der Waals surface area contributed by atoms with Crippen molar-refractivity contribution in [2.75, 3.05) is 11.5 Å². The third kappa shape index (κ3) is 1.21. The first-order valence-corrected chi connectivity index (χ1v) is 5.89. The molecule has 0 heterocycles. The van der Waals surface area contributed by atoms with Crippen LogP contribution in [0.2, 0.25) is 0 Å². The van der Waals surface area contributed by atoms with Crippen molar-refractivity contribution in [3.63, 3.8) is 0 Å². The van der Waals surface area contributed by atoms with Gasteiger partial charge >= 0.3 is 0 Å². The van der Waals surface area contributed by atoms with Crippen molar-refractivity contribution in [3.05, 3.63) is 47.0 Å². The van der Waals surface area contributed by atoms with Gasteiger partial charge in [0, 0.05) is 5.92 Å². The Morgan fingerprint density at radius 3 is 2.53 bits per heavy atom. The van der Waals surface area contributed by atoms with Crippen molar-refractivity contribution in [2.24, 2.45) is 0 Å². The molecule has 3 rings (SSSR count). The van der Waals surface area contributed by atoms with Crippen LogP contribution in [-0.2, 0) is 0 Å². The second-order valence-corrected chi connectivity index (χ2v) is 4.77. The summed E-state index contributed by atoms with van der Waals surface area (Å²) < 4.78 is 0. The molecule has 2 aromatic rings. The van der Waals surface area contributed by atoms with Crippen LogP contribution in [0.4, 0.5) is 11.4 Å². The van der Waals surface area contributed by atoms with Crippen molar-refractivity contribution < 1.29 is 0 Å². The van der Waals surface area contributed by atoms with Gasteiger partial charge in [0.25, 0.3) is 0 Å². The van der Waals surface area contributed by atoms with Crippen LogP contribution in [0.25, 0.3) is 11.1 Å². The van der Waals surface area contributed by atoms with Crippen LogP contribution in [0.1, 0.15) is 29.5 Å². The Kier molecular flexibility index (Phi) is 1.96. The predicted octanol–water partition coefficient (Wildman–Crippen LogP) is 3.29. The molecule has 0 radical (unpaired) electrons. The highest BCUT2D eigenvalue weighted by Crippen LogP contribution is 2.48. The number of benzene rings is 2. The molecule has 0 amide bonds. The standard InChI is InChI=1S/C15H16N2/c1-8-10-5-3-4-6-11(10)12-7-13(16)15(17)9(2)14(8)12/h3-8H,16-17H2,1-2H3. The predicted molar refractivity (Wildman–Crippen MR) is 73.0 cm³/mol. The molecule has 17 heavy (non-hydrogen) atoms. The van der Waals surface area contributed by atoms with E-state index in [1.54, 1.807) is 0 Å². The lowest BCUT2D eigenvalue weighted by molar-refractivity contribution is 0.945. The van der Waals surface area contributed by atoms with Crippen LogP contribution in [-0.4, -0.2) is 0 Å². The number of nitrogen functional groups attached to an aromatic ring is 2. The highest BCUT2D eigenvalue weighted by Gasteiger charge is 2.27. The lowest BCUT2D eigenvalue weighted by Gasteiger charge is -2.13. The van der Waals surface area contributed by atoms with Gasteiger partial charge in [-0.3, -0.25) is 0 Å². The molecule has 1 atom stereocenters. The van der Waals surface area contributed by atoms with E-state index in [2.05, 4.69) is 38.1 Å². The van der Waals surface area contributed by atoms with Gasteiger partial charge in [-0.15, -0.1) is 0 Å². The fraction of sp³-hybridized carbons (Fsp3) is 0.200. The Bertz CT molecular complexity index is 615. The van der Waals surface area contributed by atoms with E-state index in [0.29, 0.717) is 11.6 Å². The van der Waals surface area contributed by atoms with E-state index in [-0.39, 0.29) is 0 Å². The first-order valence-electron chi connectivity index (χ1n) is 5.89. The number of nitrogens with two attached hydrogens (primary N) is 2. The summed E-state index contributed by atoms with van der Waals surface area (Å²) >= 11 is 0. The van der Waals surface area contributed by atoms with E-state index in [4.69, 9.17) is 11.5 Å². The zero-order valence-corrected chi connectivity index (χ0v) is 10.1. The van der Waals surface area contributed by atoms with Crippen LogP contribution in [0.3, 0.4) is 0 Å². The van der Waals surface area contributed by atoms with Crippen LogP contribution in [0.15, 0.2) is 30.3 Å². The van der Waals surface area contributed by atoms with Gasteiger partial charge in [-0.25, -0.2) is 0 Å². The van der Waals surface area contributed by atoms with Crippen LogP contribution in [0.5, 0.6) is 0 Å². The third-order valence-electron chi connectivity index (χ3n) is 3.86. The Hall–Kier alpha value is -1.96. The summed E-state index contributed by atoms with van der Waals surface area (Å²) in [5, 5.41) is 0. The first kappa shape index (κ1) is 10.2. The Labute approximate surface area is 101 Å². The minimum atomic E-state index is 0.407. The summed E-state index contributed by atoms with van der Waals surface area (Å²) in [6.45, 7) is 4.29. The van der Waals surface area contributed by atoms with Crippen molar-refractivity contribution >= 4 is 11.4 Å². The molecule has 86 valence electrons. The molecule has 0 saturated carbocycles. The molecule has 0 aromatic heterocycles. The average molecular weight is 224 g/mol. The fourth-order valence-electron chi connectivity index (χ4n) is 2.93. The van der Waals surface area contributed by atoms with Gasteiger partial charge in [0.15, 0.2) is 0 Å². The van der Waals surface area contributed by atoms with Crippen LogP contribution < -0.4 is 11.5 Å². The number of anilines is 2. The van der Waals surface area contributed by atoms with Crippen molar-refractivity contribution in [3.8, 4) is 11.1 Å². The molecular formula is C15H16N2. The topological polar surface area (TPSA) is 52.0 Å². The molecule has 0 spiro atoms. The molecular weight excluding hydrogens is 208 g/mol. The van der Waals surface area contributed by atoms with E-state index >= 15 is 0 Å². The lowest BCUT2D eigenvalue weighted by atomic mass is 9.94.